The highest BCUT2D eigenvalue weighted by Gasteiger charge is 2.22. The molecule has 3 N–H and O–H groups in total. The van der Waals surface area contributed by atoms with Gasteiger partial charge in [-0.3, -0.25) is 4.98 Å². The SMILES string of the molecule is COC[C@@H](C)NC1CCC(Nc2cc(-c3cncc(NCC4CCOCC4)c3)c(Cl)cn2)CC1. The lowest BCUT2D eigenvalue weighted by molar-refractivity contribution is 0.0699. The lowest BCUT2D eigenvalue weighted by atomic mass is 9.90. The molecule has 2 aromatic heterocycles. The van der Waals surface area contributed by atoms with Gasteiger partial charge in [0.2, 0.25) is 0 Å². The largest absolute Gasteiger partial charge is 0.384 e. The van der Waals surface area contributed by atoms with Crippen LogP contribution in [0.4, 0.5) is 11.5 Å². The quantitative estimate of drug-likeness (QED) is 0.436. The van der Waals surface area contributed by atoms with E-state index in [1.807, 2.05) is 18.5 Å². The standard InChI is InChI=1S/C26H38ClN5O2/c1-18(17-33-2)31-21-3-5-22(6-4-21)32-26-12-24(25(27)16-30-26)20-11-23(15-28-14-20)29-13-19-7-9-34-10-8-19/h11-12,14-16,18-19,21-22,29,31H,3-10,13,17H2,1-2H3,(H,30,32)/t18-,21?,22?/m1/s1. The molecule has 4 rings (SSSR count). The Kier molecular flexibility index (Phi) is 9.39. The van der Waals surface area contributed by atoms with E-state index in [-0.39, 0.29) is 0 Å². The predicted molar refractivity (Wildman–Crippen MR) is 139 cm³/mol. The fraction of sp³-hybridized carbons (Fsp3) is 0.615. The third-order valence-electron chi connectivity index (χ3n) is 6.86. The van der Waals surface area contributed by atoms with Crippen LogP contribution in [-0.4, -0.2) is 61.6 Å². The molecule has 1 saturated heterocycles. The molecule has 2 aromatic rings. The summed E-state index contributed by atoms with van der Waals surface area (Å²) in [5.74, 6) is 1.51. The Morgan fingerprint density at radius 2 is 1.82 bits per heavy atom. The van der Waals surface area contributed by atoms with Crippen molar-refractivity contribution in [3.63, 3.8) is 0 Å². The van der Waals surface area contributed by atoms with Crippen molar-refractivity contribution in [2.45, 2.75) is 63.6 Å². The molecule has 0 unspecified atom stereocenters. The maximum atomic E-state index is 6.55. The van der Waals surface area contributed by atoms with Crippen molar-refractivity contribution in [3.8, 4) is 11.1 Å². The summed E-state index contributed by atoms with van der Waals surface area (Å²) in [5.41, 5.74) is 2.96. The Morgan fingerprint density at radius 3 is 2.59 bits per heavy atom. The van der Waals surface area contributed by atoms with Crippen LogP contribution in [0, 0.1) is 5.92 Å². The van der Waals surface area contributed by atoms with Gasteiger partial charge in [-0.25, -0.2) is 4.98 Å². The highest BCUT2D eigenvalue weighted by Crippen LogP contribution is 2.31. The van der Waals surface area contributed by atoms with Crippen LogP contribution in [0.1, 0.15) is 45.4 Å². The van der Waals surface area contributed by atoms with Gasteiger partial charge in [-0.2, -0.15) is 0 Å². The smallest absolute Gasteiger partial charge is 0.126 e. The van der Waals surface area contributed by atoms with Crippen LogP contribution >= 0.6 is 11.6 Å². The second-order valence-corrected chi connectivity index (χ2v) is 10.1. The Hall–Kier alpha value is -1.93. The second kappa shape index (κ2) is 12.7. The number of ether oxygens (including phenoxy) is 2. The molecule has 186 valence electrons. The maximum absolute atomic E-state index is 6.55. The molecule has 3 heterocycles. The van der Waals surface area contributed by atoms with Gasteiger partial charge in [0.15, 0.2) is 0 Å². The van der Waals surface area contributed by atoms with Crippen LogP contribution in [0.3, 0.4) is 0 Å². The van der Waals surface area contributed by atoms with Crippen molar-refractivity contribution in [2.24, 2.45) is 5.92 Å². The molecule has 0 bridgehead atoms. The molecule has 2 aliphatic rings. The number of anilines is 2. The highest BCUT2D eigenvalue weighted by atomic mass is 35.5. The van der Waals surface area contributed by atoms with E-state index in [2.05, 4.69) is 38.9 Å². The second-order valence-electron chi connectivity index (χ2n) is 9.66. The van der Waals surface area contributed by atoms with E-state index in [9.17, 15) is 0 Å². The number of nitrogens with zero attached hydrogens (tertiary/aromatic N) is 2. The van der Waals surface area contributed by atoms with Gasteiger partial charge in [0, 0.05) is 74.7 Å². The molecular weight excluding hydrogens is 450 g/mol. The van der Waals surface area contributed by atoms with Crippen molar-refractivity contribution in [1.82, 2.24) is 15.3 Å². The van der Waals surface area contributed by atoms with Crippen molar-refractivity contribution in [3.05, 3.63) is 35.7 Å². The third kappa shape index (κ3) is 7.28. The van der Waals surface area contributed by atoms with Crippen molar-refractivity contribution in [1.29, 1.82) is 0 Å². The summed E-state index contributed by atoms with van der Waals surface area (Å²) < 4.78 is 10.7. The average molecular weight is 488 g/mol. The van der Waals surface area contributed by atoms with Gasteiger partial charge in [0.1, 0.15) is 5.82 Å². The molecule has 8 heteroatoms. The summed E-state index contributed by atoms with van der Waals surface area (Å²) in [4.78, 5) is 9.00. The molecule has 1 atom stereocenters. The maximum Gasteiger partial charge on any atom is 0.126 e. The number of rotatable bonds is 10. The fourth-order valence-electron chi connectivity index (χ4n) is 4.95. The van der Waals surface area contributed by atoms with E-state index in [0.717, 1.165) is 87.5 Å². The summed E-state index contributed by atoms with van der Waals surface area (Å²) >= 11 is 6.55. The van der Waals surface area contributed by atoms with E-state index in [1.165, 1.54) is 0 Å². The van der Waals surface area contributed by atoms with E-state index in [0.29, 0.717) is 29.1 Å². The Morgan fingerprint density at radius 1 is 1.06 bits per heavy atom. The fourth-order valence-corrected chi connectivity index (χ4v) is 5.16. The van der Waals surface area contributed by atoms with Gasteiger partial charge in [0.05, 0.1) is 17.3 Å². The van der Waals surface area contributed by atoms with Crippen LogP contribution in [0.25, 0.3) is 11.1 Å². The van der Waals surface area contributed by atoms with Gasteiger partial charge in [-0.05, 0) is 63.5 Å². The van der Waals surface area contributed by atoms with E-state index in [1.54, 1.807) is 13.3 Å². The Bertz CT molecular complexity index is 901. The number of hydrogen-bond acceptors (Lipinski definition) is 7. The summed E-state index contributed by atoms with van der Waals surface area (Å²) in [5, 5.41) is 11.5. The number of methoxy groups -OCH3 is 1. The Balaban J connectivity index is 1.34. The third-order valence-corrected chi connectivity index (χ3v) is 7.16. The van der Waals surface area contributed by atoms with E-state index >= 15 is 0 Å². The zero-order valence-corrected chi connectivity index (χ0v) is 21.1. The molecule has 1 aliphatic carbocycles. The first-order valence-electron chi connectivity index (χ1n) is 12.5. The minimum Gasteiger partial charge on any atom is -0.384 e. The molecule has 2 fully saturated rings. The van der Waals surface area contributed by atoms with E-state index in [4.69, 9.17) is 21.1 Å². The number of halogens is 1. The van der Waals surface area contributed by atoms with Gasteiger partial charge in [-0.15, -0.1) is 0 Å². The summed E-state index contributed by atoms with van der Waals surface area (Å²) in [7, 11) is 1.75. The minimum absolute atomic E-state index is 0.385. The van der Waals surface area contributed by atoms with Crippen molar-refractivity contribution in [2.75, 3.05) is 44.1 Å². The van der Waals surface area contributed by atoms with E-state index < -0.39 is 0 Å². The van der Waals surface area contributed by atoms with Crippen LogP contribution < -0.4 is 16.0 Å². The molecule has 0 radical (unpaired) electrons. The molecule has 1 saturated carbocycles. The number of aromatic nitrogens is 2. The summed E-state index contributed by atoms with van der Waals surface area (Å²) in [6, 6.07) is 5.53. The topological polar surface area (TPSA) is 80.3 Å². The van der Waals surface area contributed by atoms with Gasteiger partial charge >= 0.3 is 0 Å². The minimum atomic E-state index is 0.385. The van der Waals surface area contributed by atoms with Gasteiger partial charge in [0.25, 0.3) is 0 Å². The van der Waals surface area contributed by atoms with Gasteiger partial charge < -0.3 is 25.4 Å². The predicted octanol–water partition coefficient (Wildman–Crippen LogP) is 4.98. The monoisotopic (exact) mass is 487 g/mol. The molecule has 0 amide bonds. The van der Waals surface area contributed by atoms with Crippen molar-refractivity contribution < 1.29 is 9.47 Å². The summed E-state index contributed by atoms with van der Waals surface area (Å²) in [6.07, 6.45) is 12.2. The van der Waals surface area contributed by atoms with Crippen LogP contribution in [0.15, 0.2) is 30.7 Å². The number of pyridine rings is 2. The number of hydrogen-bond donors (Lipinski definition) is 3. The zero-order chi connectivity index (χ0) is 23.8. The average Bonchev–Trinajstić information content (AvgIpc) is 2.86. The Labute approximate surface area is 208 Å². The summed E-state index contributed by atoms with van der Waals surface area (Å²) in [6.45, 7) is 5.58. The first-order chi connectivity index (χ1) is 16.6. The molecule has 1 aliphatic heterocycles. The number of nitrogens with one attached hydrogen (secondary N) is 3. The molecule has 7 nitrogen and oxygen atoms in total. The zero-order valence-electron chi connectivity index (χ0n) is 20.4. The normalized spacial score (nSPS) is 22.3. The van der Waals surface area contributed by atoms with Crippen LogP contribution in [-0.2, 0) is 9.47 Å². The first-order valence-corrected chi connectivity index (χ1v) is 12.9. The molecule has 0 aromatic carbocycles. The first kappa shape index (κ1) is 25.2. The lowest BCUT2D eigenvalue weighted by Gasteiger charge is -2.32. The molecule has 0 spiro atoms. The highest BCUT2D eigenvalue weighted by molar-refractivity contribution is 6.33. The van der Waals surface area contributed by atoms with Crippen LogP contribution in [0.5, 0.6) is 0 Å². The lowest BCUT2D eigenvalue weighted by Crippen LogP contribution is -2.42. The molecular formula is C26H38ClN5O2. The van der Waals surface area contributed by atoms with Crippen molar-refractivity contribution >= 4 is 23.1 Å². The van der Waals surface area contributed by atoms with Crippen LogP contribution in [0.2, 0.25) is 5.02 Å². The molecule has 34 heavy (non-hydrogen) atoms. The van der Waals surface area contributed by atoms with Gasteiger partial charge in [-0.1, -0.05) is 11.6 Å².